The number of para-hydroxylation sites is 1. The number of aromatic hydroxyl groups is 1. The van der Waals surface area contributed by atoms with Gasteiger partial charge in [-0.15, -0.1) is 10.2 Å². The molecule has 4 rings (SSSR count). The molecule has 2 N–H and O–H groups in total. The Labute approximate surface area is 161 Å². The van der Waals surface area contributed by atoms with Crippen LogP contribution in [0.4, 0.5) is 5.69 Å². The average Bonchev–Trinajstić information content (AvgIpc) is 3.26. The third-order valence-corrected chi connectivity index (χ3v) is 4.58. The maximum absolute atomic E-state index is 10.4. The van der Waals surface area contributed by atoms with Crippen LogP contribution in [0.3, 0.4) is 0 Å². The van der Waals surface area contributed by atoms with Crippen molar-refractivity contribution in [2.75, 3.05) is 6.79 Å². The van der Waals surface area contributed by atoms with Gasteiger partial charge in [0.05, 0.1) is 5.52 Å². The van der Waals surface area contributed by atoms with E-state index in [1.807, 2.05) is 49.4 Å². The van der Waals surface area contributed by atoms with Gasteiger partial charge in [0.2, 0.25) is 17.8 Å². The van der Waals surface area contributed by atoms with Gasteiger partial charge in [0.15, 0.2) is 17.2 Å². The van der Waals surface area contributed by atoms with E-state index in [0.717, 1.165) is 28.0 Å². The Morgan fingerprint density at radius 1 is 1.22 bits per heavy atom. The molecule has 0 unspecified atom stereocenters. The van der Waals surface area contributed by atoms with Gasteiger partial charge in [-0.3, -0.25) is 0 Å². The lowest BCUT2D eigenvalue weighted by Crippen LogP contribution is -2.18. The quantitative estimate of drug-likeness (QED) is 0.521. The molecule has 0 aliphatic carbocycles. The van der Waals surface area contributed by atoms with Crippen molar-refractivity contribution in [2.45, 2.75) is 20.0 Å². The van der Waals surface area contributed by atoms with Gasteiger partial charge in [0, 0.05) is 18.5 Å². The van der Waals surface area contributed by atoms with Crippen molar-refractivity contribution < 1.29 is 14.6 Å². The number of thiocarbonyl (C=S) groups is 1. The molecule has 2 aromatic carbocycles. The van der Waals surface area contributed by atoms with Crippen LogP contribution < -0.4 is 14.8 Å². The van der Waals surface area contributed by atoms with E-state index in [1.54, 1.807) is 4.57 Å². The minimum absolute atomic E-state index is 0.0843. The molecule has 0 spiro atoms. The summed E-state index contributed by atoms with van der Waals surface area (Å²) < 4.78 is 12.4. The highest BCUT2D eigenvalue weighted by Gasteiger charge is 2.15. The summed E-state index contributed by atoms with van der Waals surface area (Å²) >= 11 is 5.24. The Morgan fingerprint density at radius 3 is 2.89 bits per heavy atom. The molecule has 8 heteroatoms. The summed E-state index contributed by atoms with van der Waals surface area (Å²) in [4.78, 5) is 0. The molecule has 0 atom stereocenters. The Morgan fingerprint density at radius 2 is 2.04 bits per heavy atom. The lowest BCUT2D eigenvalue weighted by atomic mass is 10.2. The molecule has 0 amide bonds. The number of hydrogen-bond donors (Lipinski definition) is 2. The van der Waals surface area contributed by atoms with Gasteiger partial charge in [0.25, 0.3) is 0 Å². The zero-order valence-corrected chi connectivity index (χ0v) is 15.5. The van der Waals surface area contributed by atoms with Crippen LogP contribution in [0.25, 0.3) is 10.9 Å². The number of aromatic nitrogens is 1. The van der Waals surface area contributed by atoms with Crippen molar-refractivity contribution in [3.05, 3.63) is 48.0 Å². The predicted molar refractivity (Wildman–Crippen MR) is 106 cm³/mol. The van der Waals surface area contributed by atoms with Crippen LogP contribution in [0.5, 0.6) is 17.4 Å². The molecule has 0 fully saturated rings. The molecule has 0 bridgehead atoms. The van der Waals surface area contributed by atoms with Gasteiger partial charge in [-0.2, -0.15) is 0 Å². The van der Waals surface area contributed by atoms with Crippen molar-refractivity contribution in [3.63, 3.8) is 0 Å². The molecule has 0 saturated heterocycles. The largest absolute Gasteiger partial charge is 0.493 e. The van der Waals surface area contributed by atoms with E-state index in [-0.39, 0.29) is 17.8 Å². The second-order valence-electron chi connectivity index (χ2n) is 5.98. The van der Waals surface area contributed by atoms with E-state index in [9.17, 15) is 5.11 Å². The summed E-state index contributed by atoms with van der Waals surface area (Å²) in [6.45, 7) is 3.32. The van der Waals surface area contributed by atoms with Gasteiger partial charge in [-0.25, -0.2) is 0 Å². The highest BCUT2D eigenvalue weighted by Crippen LogP contribution is 2.38. The zero-order chi connectivity index (χ0) is 18.8. The molecule has 0 saturated carbocycles. The first-order chi connectivity index (χ1) is 13.2. The van der Waals surface area contributed by atoms with E-state index in [2.05, 4.69) is 15.5 Å². The van der Waals surface area contributed by atoms with E-state index in [4.69, 9.17) is 21.7 Å². The van der Waals surface area contributed by atoms with Crippen LogP contribution in [-0.2, 0) is 13.1 Å². The number of azo groups is 1. The van der Waals surface area contributed by atoms with Crippen molar-refractivity contribution in [2.24, 2.45) is 10.2 Å². The van der Waals surface area contributed by atoms with Crippen LogP contribution in [0.1, 0.15) is 12.5 Å². The second-order valence-corrected chi connectivity index (χ2v) is 6.37. The lowest BCUT2D eigenvalue weighted by molar-refractivity contribution is 0.174. The van der Waals surface area contributed by atoms with Crippen LogP contribution in [0, 0.1) is 0 Å². The van der Waals surface area contributed by atoms with Crippen LogP contribution >= 0.6 is 12.2 Å². The number of nitrogens with zero attached hydrogens (tertiary/aromatic N) is 3. The minimum Gasteiger partial charge on any atom is -0.493 e. The fourth-order valence-corrected chi connectivity index (χ4v) is 3.16. The summed E-state index contributed by atoms with van der Waals surface area (Å²) in [5.41, 5.74) is 2.31. The van der Waals surface area contributed by atoms with Gasteiger partial charge < -0.3 is 24.5 Å². The number of fused-ring (bicyclic) bond motifs is 2. The number of ether oxygens (including phenoxy) is 2. The molecule has 2 heterocycles. The third kappa shape index (κ3) is 3.31. The summed E-state index contributed by atoms with van der Waals surface area (Å²) in [5.74, 6) is 1.55. The van der Waals surface area contributed by atoms with Crippen molar-refractivity contribution in [1.82, 2.24) is 9.88 Å². The van der Waals surface area contributed by atoms with E-state index in [0.29, 0.717) is 18.8 Å². The molecule has 3 aromatic rings. The summed E-state index contributed by atoms with van der Waals surface area (Å²) in [7, 11) is 0. The summed E-state index contributed by atoms with van der Waals surface area (Å²) in [5, 5.41) is 22.8. The average molecular weight is 382 g/mol. The molecule has 0 radical (unpaired) electrons. The Hall–Kier alpha value is -3.13. The molecule has 1 aliphatic rings. The Bertz CT molecular complexity index is 1040. The predicted octanol–water partition coefficient (Wildman–Crippen LogP) is 4.25. The van der Waals surface area contributed by atoms with Gasteiger partial charge in [-0.1, -0.05) is 24.3 Å². The number of hydrogen-bond acceptors (Lipinski definition) is 5. The third-order valence-electron chi connectivity index (χ3n) is 4.36. The van der Waals surface area contributed by atoms with Crippen LogP contribution in [0.2, 0.25) is 0 Å². The van der Waals surface area contributed by atoms with E-state index < -0.39 is 0 Å². The lowest BCUT2D eigenvalue weighted by Gasteiger charge is -2.04. The van der Waals surface area contributed by atoms with E-state index in [1.165, 1.54) is 0 Å². The first-order valence-corrected chi connectivity index (χ1v) is 8.96. The first kappa shape index (κ1) is 17.3. The molecule has 1 aliphatic heterocycles. The molecule has 7 nitrogen and oxygen atoms in total. The maximum atomic E-state index is 10.4. The van der Waals surface area contributed by atoms with Crippen molar-refractivity contribution in [3.8, 4) is 17.4 Å². The van der Waals surface area contributed by atoms with Gasteiger partial charge in [0.1, 0.15) is 0 Å². The zero-order valence-electron chi connectivity index (χ0n) is 14.7. The monoisotopic (exact) mass is 382 g/mol. The first-order valence-electron chi connectivity index (χ1n) is 8.55. The number of aryl methyl sites for hydroxylation is 1. The van der Waals surface area contributed by atoms with E-state index >= 15 is 0 Å². The fraction of sp³-hybridized carbons (Fsp3) is 0.211. The minimum atomic E-state index is 0.0843. The van der Waals surface area contributed by atoms with Gasteiger partial charge in [-0.05, 0) is 42.9 Å². The molecular weight excluding hydrogens is 364 g/mol. The SMILES string of the molecule is CCn1c(O)c(N=NC(=S)NCc2ccc3c(c2)OCO3)c2ccccc21. The molecule has 138 valence electrons. The number of benzene rings is 2. The second kappa shape index (κ2) is 7.24. The Kier molecular flexibility index (Phi) is 4.64. The maximum Gasteiger partial charge on any atom is 0.231 e. The highest BCUT2D eigenvalue weighted by atomic mass is 32.1. The molecule has 1 aromatic heterocycles. The highest BCUT2D eigenvalue weighted by molar-refractivity contribution is 7.80. The smallest absolute Gasteiger partial charge is 0.231 e. The normalized spacial score (nSPS) is 12.8. The standard InChI is InChI=1S/C19H18N4O3S/c1-2-23-14-6-4-3-5-13(14)17(18(23)24)21-22-19(27)20-10-12-7-8-15-16(9-12)26-11-25-15/h3-9,24H,2,10-11H2,1H3,(H,20,27). The topological polar surface area (TPSA) is 80.4 Å². The number of nitrogens with one attached hydrogen (secondary N) is 1. The van der Waals surface area contributed by atoms with Gasteiger partial charge >= 0.3 is 0 Å². The molecule has 27 heavy (non-hydrogen) atoms. The Balaban J connectivity index is 1.48. The van der Waals surface area contributed by atoms with Crippen LogP contribution in [0.15, 0.2) is 52.7 Å². The summed E-state index contributed by atoms with van der Waals surface area (Å²) in [6, 6.07) is 13.4. The number of rotatable bonds is 4. The summed E-state index contributed by atoms with van der Waals surface area (Å²) in [6.07, 6.45) is 0. The van der Waals surface area contributed by atoms with Crippen LogP contribution in [-0.4, -0.2) is 21.6 Å². The fourth-order valence-electron chi connectivity index (χ4n) is 3.05. The van der Waals surface area contributed by atoms with Crippen molar-refractivity contribution in [1.29, 1.82) is 0 Å². The molecular formula is C19H18N4O3S. The van der Waals surface area contributed by atoms with Crippen molar-refractivity contribution >= 4 is 33.9 Å².